The van der Waals surface area contributed by atoms with Gasteiger partial charge in [0.2, 0.25) is 5.91 Å². The third kappa shape index (κ3) is 4.61. The van der Waals surface area contributed by atoms with Crippen molar-refractivity contribution in [1.29, 1.82) is 0 Å². The molecule has 0 aliphatic carbocycles. The number of ether oxygens (including phenoxy) is 1. The Morgan fingerprint density at radius 1 is 1.28 bits per heavy atom. The van der Waals surface area contributed by atoms with Crippen LogP contribution in [0.15, 0.2) is 58.6 Å². The third-order valence-electron chi connectivity index (χ3n) is 4.39. The molecule has 0 fully saturated rings. The van der Waals surface area contributed by atoms with E-state index in [4.69, 9.17) is 16.3 Å². The van der Waals surface area contributed by atoms with Crippen LogP contribution in [0.4, 0.5) is 10.1 Å². The minimum Gasteiger partial charge on any atom is -0.494 e. The summed E-state index contributed by atoms with van der Waals surface area (Å²) >= 11 is 7.03. The molecule has 8 nitrogen and oxygen atoms in total. The van der Waals surface area contributed by atoms with E-state index in [1.165, 1.54) is 22.9 Å². The number of hydrogen-bond acceptors (Lipinski definition) is 6. The van der Waals surface area contributed by atoms with Gasteiger partial charge in [0.1, 0.15) is 17.0 Å². The molecular weight excluding hydrogens is 457 g/mol. The van der Waals surface area contributed by atoms with Gasteiger partial charge in [0.25, 0.3) is 5.56 Å². The van der Waals surface area contributed by atoms with Gasteiger partial charge in [0.05, 0.1) is 35.0 Å². The summed E-state index contributed by atoms with van der Waals surface area (Å²) in [5.74, 6) is -0.275. The Bertz CT molecular complexity index is 1340. The van der Waals surface area contributed by atoms with E-state index in [0.29, 0.717) is 39.9 Å². The van der Waals surface area contributed by atoms with Gasteiger partial charge in [0, 0.05) is 0 Å². The highest BCUT2D eigenvalue weighted by Gasteiger charge is 2.16. The molecule has 0 saturated heterocycles. The Morgan fingerprint density at radius 3 is 2.78 bits per heavy atom. The van der Waals surface area contributed by atoms with Gasteiger partial charge in [-0.1, -0.05) is 23.4 Å². The summed E-state index contributed by atoms with van der Waals surface area (Å²) in [6.07, 6.45) is 1.41. The number of aromatic amines is 1. The van der Waals surface area contributed by atoms with E-state index in [1.54, 1.807) is 24.3 Å². The van der Waals surface area contributed by atoms with Gasteiger partial charge in [-0.05, 0) is 49.4 Å². The maximum absolute atomic E-state index is 13.2. The molecular formula is C21H17ClFN5O3S. The van der Waals surface area contributed by atoms with Crippen LogP contribution in [0.5, 0.6) is 5.75 Å². The monoisotopic (exact) mass is 473 g/mol. The number of anilines is 1. The standard InChI is InChI=1S/C21H17ClFN5O3S/c1-2-31-14-6-4-13(5-7-14)28-20(30)15-10-24-27-19(15)26-21(28)32-11-18(29)25-17-8-3-12(23)9-16(17)22/h3-10H,2,11H2,1H3,(H,24,27)(H,25,29). The molecule has 2 aromatic heterocycles. The van der Waals surface area contributed by atoms with E-state index in [-0.39, 0.29) is 22.2 Å². The highest BCUT2D eigenvalue weighted by molar-refractivity contribution is 7.99. The fourth-order valence-corrected chi connectivity index (χ4v) is 3.98. The van der Waals surface area contributed by atoms with Crippen LogP contribution in [0.25, 0.3) is 16.7 Å². The van der Waals surface area contributed by atoms with E-state index in [1.807, 2.05) is 6.92 Å². The van der Waals surface area contributed by atoms with Crippen LogP contribution in [-0.4, -0.2) is 38.0 Å². The lowest BCUT2D eigenvalue weighted by Gasteiger charge is -2.13. The summed E-state index contributed by atoms with van der Waals surface area (Å²) in [6, 6.07) is 10.7. The van der Waals surface area contributed by atoms with Crippen molar-refractivity contribution in [3.63, 3.8) is 0 Å². The predicted molar refractivity (Wildman–Crippen MR) is 121 cm³/mol. The number of amides is 1. The topological polar surface area (TPSA) is 102 Å². The molecule has 2 heterocycles. The number of rotatable bonds is 7. The van der Waals surface area contributed by atoms with E-state index in [0.717, 1.165) is 17.8 Å². The largest absolute Gasteiger partial charge is 0.494 e. The number of halogens is 2. The van der Waals surface area contributed by atoms with E-state index in [9.17, 15) is 14.0 Å². The molecule has 4 rings (SSSR count). The number of carbonyl (C=O) groups is 1. The lowest BCUT2D eigenvalue weighted by Crippen LogP contribution is -2.22. The number of nitrogens with zero attached hydrogens (tertiary/aromatic N) is 3. The van der Waals surface area contributed by atoms with E-state index in [2.05, 4.69) is 20.5 Å². The average Bonchev–Trinajstić information content (AvgIpc) is 3.24. The molecule has 164 valence electrons. The van der Waals surface area contributed by atoms with Crippen molar-refractivity contribution in [3.05, 3.63) is 69.9 Å². The lowest BCUT2D eigenvalue weighted by atomic mass is 10.3. The number of benzene rings is 2. The Morgan fingerprint density at radius 2 is 2.06 bits per heavy atom. The molecule has 0 spiro atoms. The van der Waals surface area contributed by atoms with Crippen molar-refractivity contribution >= 4 is 46.0 Å². The smallest absolute Gasteiger partial charge is 0.269 e. The number of fused-ring (bicyclic) bond motifs is 1. The molecule has 0 saturated carbocycles. The van der Waals surface area contributed by atoms with Crippen LogP contribution in [-0.2, 0) is 4.79 Å². The van der Waals surface area contributed by atoms with Crippen molar-refractivity contribution in [1.82, 2.24) is 19.7 Å². The van der Waals surface area contributed by atoms with E-state index >= 15 is 0 Å². The normalized spacial score (nSPS) is 11.0. The molecule has 0 aliphatic rings. The van der Waals surface area contributed by atoms with E-state index < -0.39 is 5.82 Å². The summed E-state index contributed by atoms with van der Waals surface area (Å²) in [5, 5.41) is 9.92. The van der Waals surface area contributed by atoms with Gasteiger partial charge in [-0.25, -0.2) is 9.37 Å². The molecule has 0 unspecified atom stereocenters. The van der Waals surface area contributed by atoms with Crippen molar-refractivity contribution < 1.29 is 13.9 Å². The number of aromatic nitrogens is 4. The van der Waals surface area contributed by atoms with Crippen molar-refractivity contribution in [2.75, 3.05) is 17.7 Å². The first-order valence-corrected chi connectivity index (χ1v) is 10.9. The lowest BCUT2D eigenvalue weighted by molar-refractivity contribution is -0.113. The van der Waals surface area contributed by atoms with Gasteiger partial charge in [-0.3, -0.25) is 19.3 Å². The van der Waals surface area contributed by atoms with Crippen molar-refractivity contribution in [2.45, 2.75) is 12.1 Å². The highest BCUT2D eigenvalue weighted by Crippen LogP contribution is 2.25. The molecule has 11 heteroatoms. The summed E-state index contributed by atoms with van der Waals surface area (Å²) in [6.45, 7) is 2.41. The summed E-state index contributed by atoms with van der Waals surface area (Å²) in [5.41, 5.74) is 0.858. The second kappa shape index (κ2) is 9.41. The molecule has 0 radical (unpaired) electrons. The predicted octanol–water partition coefficient (Wildman–Crippen LogP) is 4.03. The SMILES string of the molecule is CCOc1ccc(-n2c(SCC(=O)Nc3ccc(F)cc3Cl)nc3[nH]ncc3c2=O)cc1. The Hall–Kier alpha value is -3.37. The minimum absolute atomic E-state index is 0.0587. The average molecular weight is 474 g/mol. The number of carbonyl (C=O) groups excluding carboxylic acids is 1. The second-order valence-electron chi connectivity index (χ2n) is 6.56. The molecule has 1 amide bonds. The zero-order valence-electron chi connectivity index (χ0n) is 16.8. The third-order valence-corrected chi connectivity index (χ3v) is 5.65. The Labute approximate surface area is 190 Å². The molecule has 4 aromatic rings. The van der Waals surface area contributed by atoms with Crippen LogP contribution in [0.2, 0.25) is 5.02 Å². The zero-order valence-corrected chi connectivity index (χ0v) is 18.3. The highest BCUT2D eigenvalue weighted by atomic mass is 35.5. The van der Waals surface area contributed by atoms with Gasteiger partial charge in [-0.15, -0.1) is 0 Å². The van der Waals surface area contributed by atoms with Crippen LogP contribution in [0, 0.1) is 5.82 Å². The Kier molecular flexibility index (Phi) is 6.42. The van der Waals surface area contributed by atoms with Crippen LogP contribution in [0.1, 0.15) is 6.92 Å². The zero-order chi connectivity index (χ0) is 22.7. The summed E-state index contributed by atoms with van der Waals surface area (Å²) in [4.78, 5) is 30.0. The molecule has 0 atom stereocenters. The quantitative estimate of drug-likeness (QED) is 0.310. The van der Waals surface area contributed by atoms with Gasteiger partial charge in [0.15, 0.2) is 10.8 Å². The maximum Gasteiger partial charge on any atom is 0.269 e. The number of thioether (sulfide) groups is 1. The molecule has 32 heavy (non-hydrogen) atoms. The summed E-state index contributed by atoms with van der Waals surface area (Å²) in [7, 11) is 0. The molecule has 2 N–H and O–H groups in total. The number of nitrogens with one attached hydrogen (secondary N) is 2. The second-order valence-corrected chi connectivity index (χ2v) is 7.90. The first kappa shape index (κ1) is 21.8. The molecule has 0 bridgehead atoms. The first-order chi connectivity index (χ1) is 15.5. The van der Waals surface area contributed by atoms with Gasteiger partial charge >= 0.3 is 0 Å². The molecule has 0 aliphatic heterocycles. The van der Waals surface area contributed by atoms with Crippen LogP contribution < -0.4 is 15.6 Å². The number of hydrogen-bond donors (Lipinski definition) is 2. The Balaban J connectivity index is 1.62. The van der Waals surface area contributed by atoms with Gasteiger partial charge in [-0.2, -0.15) is 5.10 Å². The maximum atomic E-state index is 13.2. The minimum atomic E-state index is -0.501. The molecule has 2 aromatic carbocycles. The van der Waals surface area contributed by atoms with Crippen molar-refractivity contribution in [3.8, 4) is 11.4 Å². The fraction of sp³-hybridized carbons (Fsp3) is 0.143. The van der Waals surface area contributed by atoms with Crippen molar-refractivity contribution in [2.24, 2.45) is 0 Å². The van der Waals surface area contributed by atoms with Gasteiger partial charge < -0.3 is 10.1 Å². The summed E-state index contributed by atoms with van der Waals surface area (Å²) < 4.78 is 20.1. The fourth-order valence-electron chi connectivity index (χ4n) is 2.96. The first-order valence-electron chi connectivity index (χ1n) is 9.53. The van der Waals surface area contributed by atoms with Crippen LogP contribution in [0.3, 0.4) is 0 Å². The van der Waals surface area contributed by atoms with Crippen LogP contribution >= 0.6 is 23.4 Å². The number of H-pyrrole nitrogens is 1.